The van der Waals surface area contributed by atoms with Gasteiger partial charge in [0.1, 0.15) is 5.75 Å². The Morgan fingerprint density at radius 1 is 1.16 bits per heavy atom. The third kappa shape index (κ3) is 5.20. The van der Waals surface area contributed by atoms with Gasteiger partial charge in [-0.1, -0.05) is 23.7 Å². The first-order chi connectivity index (χ1) is 11.5. The zero-order chi connectivity index (χ0) is 18.8. The molecule has 2 aromatic carbocycles. The van der Waals surface area contributed by atoms with Crippen molar-refractivity contribution in [2.24, 2.45) is 0 Å². The molecule has 0 spiro atoms. The quantitative estimate of drug-likeness (QED) is 0.678. The predicted molar refractivity (Wildman–Crippen MR) is 83.5 cm³/mol. The number of phosphoric acid groups is 1. The molecule has 3 N–H and O–H groups in total. The molecule has 134 valence electrons. The first kappa shape index (κ1) is 19.3. The number of rotatable bonds is 4. The minimum Gasteiger partial charge on any atom is -0.403 e. The van der Waals surface area contributed by atoms with E-state index in [2.05, 4.69) is 4.52 Å². The number of nitrogens with one attached hydrogen (secondary N) is 1. The third-order valence-corrected chi connectivity index (χ3v) is 3.55. The Labute approximate surface area is 144 Å². The average molecular weight is 396 g/mol. The van der Waals surface area contributed by atoms with E-state index in [1.165, 1.54) is 12.1 Å². The van der Waals surface area contributed by atoms with Crippen molar-refractivity contribution in [3.63, 3.8) is 0 Å². The van der Waals surface area contributed by atoms with Gasteiger partial charge in [0.25, 0.3) is 5.91 Å². The van der Waals surface area contributed by atoms with E-state index in [1.807, 2.05) is 5.32 Å². The molecular weight excluding hydrogens is 386 g/mol. The van der Waals surface area contributed by atoms with Crippen LogP contribution in [-0.2, 0) is 10.7 Å². The van der Waals surface area contributed by atoms with Crippen LogP contribution in [0.1, 0.15) is 15.9 Å². The summed E-state index contributed by atoms with van der Waals surface area (Å²) in [4.78, 5) is 30.0. The second-order valence-corrected chi connectivity index (χ2v) is 6.32. The number of carbonyl (C=O) groups is 1. The molecule has 11 heteroatoms. The van der Waals surface area contributed by atoms with Crippen molar-refractivity contribution in [2.75, 3.05) is 5.32 Å². The van der Waals surface area contributed by atoms with Gasteiger partial charge < -0.3 is 9.84 Å². The van der Waals surface area contributed by atoms with E-state index >= 15 is 0 Å². The Kier molecular flexibility index (Phi) is 5.43. The summed E-state index contributed by atoms with van der Waals surface area (Å²) in [6.45, 7) is 0. The van der Waals surface area contributed by atoms with Crippen LogP contribution in [0.5, 0.6) is 5.75 Å². The van der Waals surface area contributed by atoms with Gasteiger partial charge in [-0.05, 0) is 30.3 Å². The van der Waals surface area contributed by atoms with Crippen LogP contribution >= 0.6 is 19.4 Å². The van der Waals surface area contributed by atoms with Crippen molar-refractivity contribution in [3.8, 4) is 5.75 Å². The number of phosphoric ester groups is 1. The highest BCUT2D eigenvalue weighted by Crippen LogP contribution is 2.40. The lowest BCUT2D eigenvalue weighted by atomic mass is 10.1. The summed E-state index contributed by atoms with van der Waals surface area (Å²) in [7, 11) is -4.99. The maximum atomic E-state index is 13.0. The standard InChI is InChI=1S/C14H10ClF3NO5P/c15-8-5-6-12(24-25(21,22)23)9(7-8)13(20)19-11-4-2-1-3-10(11)14(16,17)18/h1-7H,(H,19,20)(H2,21,22,23). The molecule has 0 aliphatic carbocycles. The van der Waals surface area contributed by atoms with Crippen LogP contribution in [0.3, 0.4) is 0 Å². The SMILES string of the molecule is O=C(Nc1ccccc1C(F)(F)F)c1cc(Cl)ccc1OP(=O)(O)O. The Balaban J connectivity index is 2.40. The minimum absolute atomic E-state index is 0.0207. The Morgan fingerprint density at radius 3 is 2.40 bits per heavy atom. The predicted octanol–water partition coefficient (Wildman–Crippen LogP) is 4.08. The van der Waals surface area contributed by atoms with E-state index in [0.29, 0.717) is 0 Å². The van der Waals surface area contributed by atoms with E-state index in [4.69, 9.17) is 21.4 Å². The van der Waals surface area contributed by atoms with Crippen LogP contribution in [-0.4, -0.2) is 15.7 Å². The van der Waals surface area contributed by atoms with Crippen LogP contribution < -0.4 is 9.84 Å². The molecule has 2 aromatic rings. The van der Waals surface area contributed by atoms with Crippen molar-refractivity contribution >= 4 is 31.0 Å². The molecule has 0 saturated heterocycles. The summed E-state index contributed by atoms with van der Waals surface area (Å²) in [5, 5.41) is 2.06. The number of amides is 1. The van der Waals surface area contributed by atoms with Gasteiger partial charge in [0, 0.05) is 5.02 Å². The number of benzene rings is 2. The van der Waals surface area contributed by atoms with E-state index in [1.54, 1.807) is 0 Å². The van der Waals surface area contributed by atoms with Crippen molar-refractivity contribution in [1.29, 1.82) is 0 Å². The van der Waals surface area contributed by atoms with Gasteiger partial charge in [-0.2, -0.15) is 13.2 Å². The summed E-state index contributed by atoms with van der Waals surface area (Å²) < 4.78 is 54.2. The molecule has 6 nitrogen and oxygen atoms in total. The molecule has 0 atom stereocenters. The molecule has 0 heterocycles. The second kappa shape index (κ2) is 7.05. The average Bonchev–Trinajstić information content (AvgIpc) is 2.47. The van der Waals surface area contributed by atoms with Gasteiger partial charge >= 0.3 is 14.0 Å². The van der Waals surface area contributed by atoms with E-state index in [9.17, 15) is 22.5 Å². The lowest BCUT2D eigenvalue weighted by molar-refractivity contribution is -0.136. The lowest BCUT2D eigenvalue weighted by Gasteiger charge is -2.15. The van der Waals surface area contributed by atoms with Crippen molar-refractivity contribution in [3.05, 3.63) is 58.6 Å². The second-order valence-electron chi connectivity index (χ2n) is 4.72. The summed E-state index contributed by atoms with van der Waals surface area (Å²) in [5.74, 6) is -1.61. The zero-order valence-corrected chi connectivity index (χ0v) is 13.8. The van der Waals surface area contributed by atoms with Gasteiger partial charge in [-0.3, -0.25) is 14.6 Å². The number of carbonyl (C=O) groups excluding carboxylic acids is 1. The van der Waals surface area contributed by atoms with Crippen molar-refractivity contribution < 1.29 is 36.8 Å². The zero-order valence-electron chi connectivity index (χ0n) is 12.1. The molecule has 25 heavy (non-hydrogen) atoms. The van der Waals surface area contributed by atoms with E-state index in [-0.39, 0.29) is 5.02 Å². The van der Waals surface area contributed by atoms with Crippen molar-refractivity contribution in [2.45, 2.75) is 6.18 Å². The van der Waals surface area contributed by atoms with Gasteiger partial charge in [-0.15, -0.1) is 0 Å². The first-order valence-electron chi connectivity index (χ1n) is 6.49. The number of para-hydroxylation sites is 1. The summed E-state index contributed by atoms with van der Waals surface area (Å²) >= 11 is 5.73. The maximum Gasteiger partial charge on any atom is 0.524 e. The molecule has 1 amide bonds. The largest absolute Gasteiger partial charge is 0.524 e. The monoisotopic (exact) mass is 395 g/mol. The minimum atomic E-state index is -4.99. The molecule has 0 radical (unpaired) electrons. The van der Waals surface area contributed by atoms with Gasteiger partial charge in [0.2, 0.25) is 0 Å². The van der Waals surface area contributed by atoms with Crippen LogP contribution in [0.15, 0.2) is 42.5 Å². The van der Waals surface area contributed by atoms with Crippen LogP contribution in [0.4, 0.5) is 18.9 Å². The van der Waals surface area contributed by atoms with Gasteiger partial charge in [0.05, 0.1) is 16.8 Å². The molecule has 0 aliphatic heterocycles. The van der Waals surface area contributed by atoms with E-state index < -0.39 is 42.5 Å². The first-order valence-corrected chi connectivity index (χ1v) is 8.40. The molecule has 0 saturated carbocycles. The highest BCUT2D eigenvalue weighted by Gasteiger charge is 2.34. The van der Waals surface area contributed by atoms with Gasteiger partial charge in [-0.25, -0.2) is 4.57 Å². The molecule has 0 aliphatic rings. The number of alkyl halides is 3. The summed E-state index contributed by atoms with van der Waals surface area (Å²) in [5.41, 5.74) is -2.04. The highest BCUT2D eigenvalue weighted by molar-refractivity contribution is 7.46. The molecule has 0 bridgehead atoms. The highest BCUT2D eigenvalue weighted by atomic mass is 35.5. The molecule has 0 aromatic heterocycles. The van der Waals surface area contributed by atoms with Gasteiger partial charge in [0.15, 0.2) is 0 Å². The lowest BCUT2D eigenvalue weighted by Crippen LogP contribution is -2.17. The molecule has 0 fully saturated rings. The van der Waals surface area contributed by atoms with E-state index in [0.717, 1.165) is 30.3 Å². The Bertz CT molecular complexity index is 853. The van der Waals surface area contributed by atoms with Crippen LogP contribution in [0.25, 0.3) is 0 Å². The molecular formula is C14H10ClF3NO5P. The number of hydrogen-bond donors (Lipinski definition) is 3. The van der Waals surface area contributed by atoms with Crippen LogP contribution in [0.2, 0.25) is 5.02 Å². The normalized spacial score (nSPS) is 11.9. The fourth-order valence-corrected chi connectivity index (χ4v) is 2.50. The number of anilines is 1. The third-order valence-electron chi connectivity index (χ3n) is 2.88. The topological polar surface area (TPSA) is 95.9 Å². The Morgan fingerprint density at radius 2 is 1.80 bits per heavy atom. The molecule has 2 rings (SSSR count). The maximum absolute atomic E-state index is 13.0. The van der Waals surface area contributed by atoms with Crippen LogP contribution in [0, 0.1) is 0 Å². The molecule has 0 unspecified atom stereocenters. The van der Waals surface area contributed by atoms with Crippen molar-refractivity contribution in [1.82, 2.24) is 0 Å². The summed E-state index contributed by atoms with van der Waals surface area (Å²) in [6.07, 6.45) is -4.70. The Hall–Kier alpha value is -2.06. The fraction of sp³-hybridized carbons (Fsp3) is 0.0714. The smallest absolute Gasteiger partial charge is 0.403 e. The number of hydrogen-bond acceptors (Lipinski definition) is 3. The fourth-order valence-electron chi connectivity index (χ4n) is 1.92. The summed E-state index contributed by atoms with van der Waals surface area (Å²) in [6, 6.07) is 7.49. The number of halogens is 4.